The predicted octanol–water partition coefficient (Wildman–Crippen LogP) is 4.34. The molecular weight excluding hydrogens is 304 g/mol. The fourth-order valence-electron chi connectivity index (χ4n) is 2.53. The number of aldehydes is 1. The zero-order chi connectivity index (χ0) is 16.9. The molecule has 0 aliphatic heterocycles. The summed E-state index contributed by atoms with van der Waals surface area (Å²) in [5.74, 6) is 1.43. The summed E-state index contributed by atoms with van der Waals surface area (Å²) in [6, 6.07) is 16.2. The summed E-state index contributed by atoms with van der Waals surface area (Å²) in [6.07, 6.45) is 0.761. The highest BCUT2D eigenvalue weighted by atomic mass is 16.5. The molecule has 4 heteroatoms. The van der Waals surface area contributed by atoms with E-state index in [0.717, 1.165) is 23.0 Å². The van der Waals surface area contributed by atoms with Crippen molar-refractivity contribution in [2.75, 3.05) is 6.61 Å². The zero-order valence-electron chi connectivity index (χ0n) is 13.4. The molecule has 3 rings (SSSR count). The number of fused-ring (bicyclic) bond motifs is 1. The molecule has 0 aromatic heterocycles. The van der Waals surface area contributed by atoms with Gasteiger partial charge in [0.25, 0.3) is 0 Å². The lowest BCUT2D eigenvalue weighted by Gasteiger charge is -2.11. The largest absolute Gasteiger partial charge is 0.507 e. The van der Waals surface area contributed by atoms with Crippen molar-refractivity contribution in [2.24, 2.45) is 0 Å². The maximum atomic E-state index is 11.3. The Morgan fingerprint density at radius 2 is 1.83 bits per heavy atom. The Hall–Kier alpha value is -3.01. The summed E-state index contributed by atoms with van der Waals surface area (Å²) < 4.78 is 11.2. The first-order valence-corrected chi connectivity index (χ1v) is 7.76. The fraction of sp³-hybridized carbons (Fsp3) is 0.150. The molecule has 0 radical (unpaired) electrons. The Kier molecular flexibility index (Phi) is 4.66. The van der Waals surface area contributed by atoms with Gasteiger partial charge in [-0.25, -0.2) is 0 Å². The van der Waals surface area contributed by atoms with Gasteiger partial charge in [-0.15, -0.1) is 0 Å². The van der Waals surface area contributed by atoms with E-state index < -0.39 is 0 Å². The van der Waals surface area contributed by atoms with Gasteiger partial charge < -0.3 is 14.6 Å². The summed E-state index contributed by atoms with van der Waals surface area (Å²) in [6.45, 7) is 2.89. The van der Waals surface area contributed by atoms with E-state index >= 15 is 0 Å². The number of phenolic OH excluding ortho intramolecular Hbond substituents is 1. The quantitative estimate of drug-likeness (QED) is 0.686. The molecule has 0 fully saturated rings. The number of benzene rings is 3. The normalized spacial score (nSPS) is 10.5. The minimum Gasteiger partial charge on any atom is -0.507 e. The third-order valence-electron chi connectivity index (χ3n) is 3.74. The third-order valence-corrected chi connectivity index (χ3v) is 3.74. The van der Waals surface area contributed by atoms with Crippen LogP contribution < -0.4 is 9.47 Å². The molecule has 0 heterocycles. The van der Waals surface area contributed by atoms with Crippen LogP contribution in [0.4, 0.5) is 0 Å². The van der Waals surface area contributed by atoms with Crippen molar-refractivity contribution < 1.29 is 19.4 Å². The number of phenols is 1. The second-order valence-corrected chi connectivity index (χ2v) is 5.37. The van der Waals surface area contributed by atoms with Crippen LogP contribution in [-0.4, -0.2) is 18.0 Å². The fourth-order valence-corrected chi connectivity index (χ4v) is 2.53. The molecule has 0 unspecified atom stereocenters. The van der Waals surface area contributed by atoms with Gasteiger partial charge in [0.05, 0.1) is 12.2 Å². The topological polar surface area (TPSA) is 55.8 Å². The molecule has 0 amide bonds. The average Bonchev–Trinajstić information content (AvgIpc) is 2.61. The van der Waals surface area contributed by atoms with Crippen molar-refractivity contribution in [3.8, 4) is 17.2 Å². The molecule has 0 saturated heterocycles. The lowest BCUT2D eigenvalue weighted by Crippen LogP contribution is -1.99. The molecule has 0 atom stereocenters. The van der Waals surface area contributed by atoms with Gasteiger partial charge in [-0.3, -0.25) is 4.79 Å². The maximum absolute atomic E-state index is 11.3. The highest BCUT2D eigenvalue weighted by molar-refractivity contribution is 5.95. The van der Waals surface area contributed by atoms with E-state index in [0.29, 0.717) is 29.9 Å². The first-order chi connectivity index (χ1) is 11.7. The Morgan fingerprint density at radius 3 is 2.54 bits per heavy atom. The molecule has 122 valence electrons. The maximum Gasteiger partial charge on any atom is 0.153 e. The Morgan fingerprint density at radius 1 is 1.04 bits per heavy atom. The predicted molar refractivity (Wildman–Crippen MR) is 92.9 cm³/mol. The van der Waals surface area contributed by atoms with Gasteiger partial charge in [-0.2, -0.15) is 0 Å². The minimum atomic E-state index is 0.163. The van der Waals surface area contributed by atoms with Crippen molar-refractivity contribution in [3.63, 3.8) is 0 Å². The molecule has 0 spiro atoms. The number of ether oxygens (including phenoxy) is 2. The average molecular weight is 322 g/mol. The molecule has 0 saturated carbocycles. The third kappa shape index (κ3) is 3.33. The standard InChI is InChI=1S/C20H18O4/c1-2-23-17-8-6-14(7-9-17)13-24-20-11-18-15(10-16(20)12-21)4-3-5-19(18)22/h3-12,22H,2,13H2,1H3. The zero-order valence-corrected chi connectivity index (χ0v) is 13.4. The van der Waals surface area contributed by atoms with Crippen molar-refractivity contribution in [1.29, 1.82) is 0 Å². The van der Waals surface area contributed by atoms with E-state index in [1.165, 1.54) is 0 Å². The van der Waals surface area contributed by atoms with Crippen LogP contribution in [0, 0.1) is 0 Å². The SMILES string of the molecule is CCOc1ccc(COc2cc3c(O)cccc3cc2C=O)cc1. The molecule has 24 heavy (non-hydrogen) atoms. The Balaban J connectivity index is 1.83. The van der Waals surface area contributed by atoms with Crippen LogP contribution in [0.3, 0.4) is 0 Å². The molecule has 0 bridgehead atoms. The Labute approximate surface area is 140 Å². The highest BCUT2D eigenvalue weighted by Gasteiger charge is 2.09. The number of carbonyl (C=O) groups excluding carboxylic acids is 1. The van der Waals surface area contributed by atoms with Gasteiger partial charge in [0.1, 0.15) is 23.9 Å². The van der Waals surface area contributed by atoms with Crippen molar-refractivity contribution in [3.05, 3.63) is 65.7 Å². The molecular formula is C20H18O4. The van der Waals surface area contributed by atoms with E-state index in [-0.39, 0.29) is 5.75 Å². The van der Waals surface area contributed by atoms with Gasteiger partial charge in [0.2, 0.25) is 0 Å². The van der Waals surface area contributed by atoms with E-state index in [1.807, 2.05) is 37.3 Å². The highest BCUT2D eigenvalue weighted by Crippen LogP contribution is 2.31. The summed E-state index contributed by atoms with van der Waals surface area (Å²) in [5, 5.41) is 11.4. The first-order valence-electron chi connectivity index (χ1n) is 7.76. The van der Waals surface area contributed by atoms with Crippen LogP contribution in [-0.2, 0) is 6.61 Å². The second-order valence-electron chi connectivity index (χ2n) is 5.37. The number of hydrogen-bond acceptors (Lipinski definition) is 4. The lowest BCUT2D eigenvalue weighted by molar-refractivity contribution is 0.111. The molecule has 3 aromatic carbocycles. The van der Waals surface area contributed by atoms with Gasteiger partial charge in [0, 0.05) is 5.39 Å². The number of hydrogen-bond donors (Lipinski definition) is 1. The first kappa shape index (κ1) is 15.9. The van der Waals surface area contributed by atoms with Crippen molar-refractivity contribution >= 4 is 17.1 Å². The van der Waals surface area contributed by atoms with Crippen LogP contribution in [0.25, 0.3) is 10.8 Å². The van der Waals surface area contributed by atoms with E-state index in [9.17, 15) is 9.90 Å². The van der Waals surface area contributed by atoms with Crippen LogP contribution in [0.1, 0.15) is 22.8 Å². The van der Waals surface area contributed by atoms with Gasteiger partial charge in [0.15, 0.2) is 6.29 Å². The smallest absolute Gasteiger partial charge is 0.153 e. The monoisotopic (exact) mass is 322 g/mol. The molecule has 0 aliphatic rings. The lowest BCUT2D eigenvalue weighted by atomic mass is 10.1. The minimum absolute atomic E-state index is 0.163. The van der Waals surface area contributed by atoms with Crippen LogP contribution >= 0.6 is 0 Å². The van der Waals surface area contributed by atoms with Crippen molar-refractivity contribution in [1.82, 2.24) is 0 Å². The molecule has 4 nitrogen and oxygen atoms in total. The second kappa shape index (κ2) is 7.04. The molecule has 0 aliphatic carbocycles. The number of rotatable bonds is 6. The number of carbonyl (C=O) groups is 1. The van der Waals surface area contributed by atoms with Gasteiger partial charge >= 0.3 is 0 Å². The van der Waals surface area contributed by atoms with E-state index in [2.05, 4.69) is 0 Å². The summed E-state index contributed by atoms with van der Waals surface area (Å²) >= 11 is 0. The summed E-state index contributed by atoms with van der Waals surface area (Å²) in [5.41, 5.74) is 1.42. The molecule has 3 aromatic rings. The van der Waals surface area contributed by atoms with E-state index in [4.69, 9.17) is 9.47 Å². The van der Waals surface area contributed by atoms with Gasteiger partial charge in [-0.1, -0.05) is 24.3 Å². The van der Waals surface area contributed by atoms with Crippen LogP contribution in [0.2, 0.25) is 0 Å². The number of aromatic hydroxyl groups is 1. The van der Waals surface area contributed by atoms with Crippen LogP contribution in [0.5, 0.6) is 17.2 Å². The summed E-state index contributed by atoms with van der Waals surface area (Å²) in [4.78, 5) is 11.3. The van der Waals surface area contributed by atoms with E-state index in [1.54, 1.807) is 24.3 Å². The summed E-state index contributed by atoms with van der Waals surface area (Å²) in [7, 11) is 0. The molecule has 1 N–H and O–H groups in total. The van der Waals surface area contributed by atoms with Gasteiger partial charge in [-0.05, 0) is 48.2 Å². The van der Waals surface area contributed by atoms with Crippen LogP contribution in [0.15, 0.2) is 54.6 Å². The Bertz CT molecular complexity index is 853. The van der Waals surface area contributed by atoms with Crippen molar-refractivity contribution in [2.45, 2.75) is 13.5 Å².